The quantitative estimate of drug-likeness (QED) is 0.765. The Morgan fingerprint density at radius 2 is 2.33 bits per heavy atom. The summed E-state index contributed by atoms with van der Waals surface area (Å²) in [6, 6.07) is 6.03. The molecule has 2 nitrogen and oxygen atoms in total. The Morgan fingerprint density at radius 1 is 1.47 bits per heavy atom. The Bertz CT molecular complexity index is 371. The lowest BCUT2D eigenvalue weighted by Crippen LogP contribution is -2.12. The van der Waals surface area contributed by atoms with Crippen LogP contribution in [0.15, 0.2) is 18.2 Å². The highest BCUT2D eigenvalue weighted by Gasteiger charge is 2.11. The minimum Gasteiger partial charge on any atom is -0.385 e. The number of nitrogens with one attached hydrogen (secondary N) is 1. The number of aryl methyl sites for hydroxylation is 1. The number of benzene rings is 1. The number of hydrogen-bond acceptors (Lipinski definition) is 2. The van der Waals surface area contributed by atoms with Crippen molar-refractivity contribution in [1.29, 1.82) is 0 Å². The van der Waals surface area contributed by atoms with Gasteiger partial charge in [0.2, 0.25) is 0 Å². The van der Waals surface area contributed by atoms with Crippen LogP contribution in [0.1, 0.15) is 42.1 Å². The zero-order valence-electron chi connectivity index (χ0n) is 9.18. The number of carbonyl (C=O) groups is 1. The Kier molecular flexibility index (Phi) is 3.05. The minimum atomic E-state index is 0.269. The van der Waals surface area contributed by atoms with Crippen molar-refractivity contribution >= 4 is 11.5 Å². The molecule has 0 saturated carbocycles. The van der Waals surface area contributed by atoms with Crippen molar-refractivity contribution in [2.24, 2.45) is 0 Å². The Balaban J connectivity index is 2.24. The number of rotatable bonds is 3. The van der Waals surface area contributed by atoms with Gasteiger partial charge in [0.25, 0.3) is 0 Å². The Hall–Kier alpha value is -1.31. The zero-order chi connectivity index (χ0) is 10.7. The second-order valence-corrected chi connectivity index (χ2v) is 4.08. The third kappa shape index (κ3) is 2.20. The van der Waals surface area contributed by atoms with Crippen LogP contribution in [0.25, 0.3) is 0 Å². The summed E-state index contributed by atoms with van der Waals surface area (Å²) in [5.74, 6) is 0.269. The number of anilines is 1. The number of carbonyl (C=O) groups excluding carboxylic acids is 1. The molecule has 1 aliphatic rings. The number of hydrogen-bond donors (Lipinski definition) is 1. The van der Waals surface area contributed by atoms with Crippen molar-refractivity contribution in [3.63, 3.8) is 0 Å². The fourth-order valence-electron chi connectivity index (χ4n) is 2.02. The molecule has 2 heteroatoms. The van der Waals surface area contributed by atoms with Crippen molar-refractivity contribution in [1.82, 2.24) is 0 Å². The van der Waals surface area contributed by atoms with Gasteiger partial charge in [0, 0.05) is 24.2 Å². The number of Topliss-reactive ketones (excluding diaryl/α,β-unsaturated/α-hetero) is 1. The van der Waals surface area contributed by atoms with Gasteiger partial charge in [-0.2, -0.15) is 0 Å². The van der Waals surface area contributed by atoms with Crippen molar-refractivity contribution in [2.45, 2.75) is 32.6 Å². The van der Waals surface area contributed by atoms with Crippen molar-refractivity contribution < 1.29 is 4.79 Å². The van der Waals surface area contributed by atoms with Crippen LogP contribution in [-0.4, -0.2) is 12.3 Å². The van der Waals surface area contributed by atoms with Gasteiger partial charge in [0.05, 0.1) is 0 Å². The van der Waals surface area contributed by atoms with E-state index in [2.05, 4.69) is 11.4 Å². The summed E-state index contributed by atoms with van der Waals surface area (Å²) < 4.78 is 0. The van der Waals surface area contributed by atoms with Crippen LogP contribution in [0.3, 0.4) is 0 Å². The molecule has 0 fully saturated rings. The van der Waals surface area contributed by atoms with Crippen molar-refractivity contribution in [3.8, 4) is 0 Å². The highest BCUT2D eigenvalue weighted by Crippen LogP contribution is 2.23. The predicted octanol–water partition coefficient (Wildman–Crippen LogP) is 3.03. The highest BCUT2D eigenvalue weighted by atomic mass is 16.1. The average molecular weight is 203 g/mol. The minimum absolute atomic E-state index is 0.269. The van der Waals surface area contributed by atoms with Gasteiger partial charge in [0.1, 0.15) is 0 Å². The van der Waals surface area contributed by atoms with Crippen LogP contribution >= 0.6 is 0 Å². The first-order valence-electron chi connectivity index (χ1n) is 5.71. The lowest BCUT2D eigenvalue weighted by molar-refractivity contribution is 0.0981. The predicted molar refractivity (Wildman–Crippen MR) is 62.5 cm³/mol. The van der Waals surface area contributed by atoms with E-state index in [1.54, 1.807) is 0 Å². The Morgan fingerprint density at radius 3 is 3.13 bits per heavy atom. The van der Waals surface area contributed by atoms with Crippen LogP contribution in [0.2, 0.25) is 0 Å². The van der Waals surface area contributed by atoms with Gasteiger partial charge in [-0.05, 0) is 43.0 Å². The maximum absolute atomic E-state index is 11.7. The van der Waals surface area contributed by atoms with E-state index in [1.807, 2.05) is 19.1 Å². The standard InChI is InChI=1S/C13H17NO/c1-2-4-13(15)11-6-7-12-10(9-11)5-3-8-14-12/h6-7,9,14H,2-5,8H2,1H3. The monoisotopic (exact) mass is 203 g/mol. The summed E-state index contributed by atoms with van der Waals surface area (Å²) in [7, 11) is 0. The molecule has 0 aliphatic carbocycles. The van der Waals surface area contributed by atoms with Crippen LogP contribution in [0.4, 0.5) is 5.69 Å². The smallest absolute Gasteiger partial charge is 0.162 e. The SMILES string of the molecule is CCCC(=O)c1ccc2c(c1)CCCN2. The van der Waals surface area contributed by atoms with E-state index in [-0.39, 0.29) is 5.78 Å². The molecule has 0 bridgehead atoms. The summed E-state index contributed by atoms with van der Waals surface area (Å²) in [5, 5.41) is 3.35. The molecule has 0 saturated heterocycles. The van der Waals surface area contributed by atoms with Gasteiger partial charge in [-0.3, -0.25) is 4.79 Å². The first-order valence-corrected chi connectivity index (χ1v) is 5.71. The normalized spacial score (nSPS) is 14.2. The summed E-state index contributed by atoms with van der Waals surface area (Å²) in [5.41, 5.74) is 3.37. The van der Waals surface area contributed by atoms with Crippen molar-refractivity contribution in [2.75, 3.05) is 11.9 Å². The van der Waals surface area contributed by atoms with E-state index >= 15 is 0 Å². The van der Waals surface area contributed by atoms with E-state index in [1.165, 1.54) is 17.7 Å². The lowest BCUT2D eigenvalue weighted by atomic mass is 9.98. The second-order valence-electron chi connectivity index (χ2n) is 4.08. The molecule has 0 radical (unpaired) electrons. The first kappa shape index (κ1) is 10.2. The molecule has 1 aliphatic heterocycles. The lowest BCUT2D eigenvalue weighted by Gasteiger charge is -2.18. The molecule has 1 aromatic rings. The fourth-order valence-corrected chi connectivity index (χ4v) is 2.02. The largest absolute Gasteiger partial charge is 0.385 e. The maximum Gasteiger partial charge on any atom is 0.162 e. The molecule has 1 heterocycles. The third-order valence-electron chi connectivity index (χ3n) is 2.84. The van der Waals surface area contributed by atoms with Gasteiger partial charge in [0.15, 0.2) is 5.78 Å². The zero-order valence-corrected chi connectivity index (χ0v) is 9.18. The van der Waals surface area contributed by atoms with Crippen LogP contribution in [0, 0.1) is 0 Å². The van der Waals surface area contributed by atoms with Crippen molar-refractivity contribution in [3.05, 3.63) is 29.3 Å². The van der Waals surface area contributed by atoms with E-state index in [9.17, 15) is 4.79 Å². The summed E-state index contributed by atoms with van der Waals surface area (Å²) in [6.07, 6.45) is 3.84. The van der Waals surface area contributed by atoms with Crippen LogP contribution in [0.5, 0.6) is 0 Å². The van der Waals surface area contributed by atoms with E-state index < -0.39 is 0 Å². The maximum atomic E-state index is 11.7. The highest BCUT2D eigenvalue weighted by molar-refractivity contribution is 5.96. The van der Waals surface area contributed by atoms with E-state index in [4.69, 9.17) is 0 Å². The Labute approximate surface area is 90.7 Å². The van der Waals surface area contributed by atoms with Gasteiger partial charge in [-0.15, -0.1) is 0 Å². The molecule has 0 atom stereocenters. The third-order valence-corrected chi connectivity index (χ3v) is 2.84. The molecule has 0 aromatic heterocycles. The molecule has 1 N–H and O–H groups in total. The van der Waals surface area contributed by atoms with Crippen LogP contribution < -0.4 is 5.32 Å². The van der Waals surface area contributed by atoms with Gasteiger partial charge >= 0.3 is 0 Å². The molecule has 2 rings (SSSR count). The second kappa shape index (κ2) is 4.47. The molecule has 0 unspecified atom stereocenters. The fraction of sp³-hybridized carbons (Fsp3) is 0.462. The first-order chi connectivity index (χ1) is 7.31. The van der Waals surface area contributed by atoms with Gasteiger partial charge in [-0.1, -0.05) is 6.92 Å². The molecule has 15 heavy (non-hydrogen) atoms. The summed E-state index contributed by atoms with van der Waals surface area (Å²) >= 11 is 0. The average Bonchev–Trinajstić information content (AvgIpc) is 2.29. The molecule has 80 valence electrons. The van der Waals surface area contributed by atoms with Crippen LogP contribution in [-0.2, 0) is 6.42 Å². The number of fused-ring (bicyclic) bond motifs is 1. The molecule has 0 amide bonds. The molecular formula is C13H17NO. The molecular weight excluding hydrogens is 186 g/mol. The van der Waals surface area contributed by atoms with Gasteiger partial charge in [-0.25, -0.2) is 0 Å². The topological polar surface area (TPSA) is 29.1 Å². The van der Waals surface area contributed by atoms with Gasteiger partial charge < -0.3 is 5.32 Å². The molecule has 0 spiro atoms. The van der Waals surface area contributed by atoms with E-state index in [0.29, 0.717) is 6.42 Å². The molecule has 1 aromatic carbocycles. The summed E-state index contributed by atoms with van der Waals surface area (Å²) in [4.78, 5) is 11.7. The number of ketones is 1. The van der Waals surface area contributed by atoms with E-state index in [0.717, 1.165) is 24.9 Å². The summed E-state index contributed by atoms with van der Waals surface area (Å²) in [6.45, 7) is 3.09.